The smallest absolute Gasteiger partial charge is 0.225 e. The Morgan fingerprint density at radius 3 is 2.96 bits per heavy atom. The van der Waals surface area contributed by atoms with E-state index in [1.54, 1.807) is 6.26 Å². The Hall–Kier alpha value is -2.19. The van der Waals surface area contributed by atoms with Crippen molar-refractivity contribution in [3.63, 3.8) is 0 Å². The zero-order valence-electron chi connectivity index (χ0n) is 12.8. The molecule has 0 aliphatic carbocycles. The van der Waals surface area contributed by atoms with Gasteiger partial charge in [0.05, 0.1) is 29.1 Å². The van der Waals surface area contributed by atoms with Crippen molar-refractivity contribution in [1.29, 1.82) is 0 Å². The lowest BCUT2D eigenvalue weighted by Crippen LogP contribution is -2.08. The second kappa shape index (κ2) is 6.93. The summed E-state index contributed by atoms with van der Waals surface area (Å²) in [5.74, 6) is 0.824. The summed E-state index contributed by atoms with van der Waals surface area (Å²) in [5, 5.41) is 9.44. The lowest BCUT2D eigenvalue weighted by atomic mass is 10.3. The molecule has 1 amide bonds. The van der Waals surface area contributed by atoms with Crippen LogP contribution in [0.3, 0.4) is 0 Å². The first-order valence-corrected chi connectivity index (χ1v) is 8.84. The summed E-state index contributed by atoms with van der Waals surface area (Å²) in [6.07, 6.45) is 2.09. The normalized spacial score (nSPS) is 10.7. The summed E-state index contributed by atoms with van der Waals surface area (Å²) in [4.78, 5) is 21.4. The quantitative estimate of drug-likeness (QED) is 0.700. The number of hydrogen-bond acceptors (Lipinski definition) is 7. The monoisotopic (exact) mass is 348 g/mol. The number of carbonyl (C=O) groups is 1. The van der Waals surface area contributed by atoms with Crippen LogP contribution in [0, 0.1) is 6.92 Å². The Labute approximate surface area is 141 Å². The standard InChI is InChI=1S/C15H16N4O2S2/c1-3-12(20)19-15-17-9(2)13(23-15)11-8-22-14(18-11)16-7-10-5-4-6-21-10/h4-6,8H,3,7H2,1-2H3,(H,16,18)(H,17,19,20). The highest BCUT2D eigenvalue weighted by Crippen LogP contribution is 2.34. The van der Waals surface area contributed by atoms with Crippen LogP contribution in [0.2, 0.25) is 0 Å². The number of anilines is 2. The SMILES string of the molecule is CCC(=O)Nc1nc(C)c(-c2csc(NCc3ccco3)n2)s1. The molecule has 3 heterocycles. The Morgan fingerprint density at radius 2 is 2.22 bits per heavy atom. The number of thiazole rings is 2. The van der Waals surface area contributed by atoms with Crippen LogP contribution >= 0.6 is 22.7 Å². The van der Waals surface area contributed by atoms with Crippen molar-refractivity contribution >= 4 is 38.8 Å². The van der Waals surface area contributed by atoms with Gasteiger partial charge in [-0.3, -0.25) is 4.79 Å². The summed E-state index contributed by atoms with van der Waals surface area (Å²) in [6.45, 7) is 4.33. The van der Waals surface area contributed by atoms with Crippen molar-refractivity contribution in [1.82, 2.24) is 9.97 Å². The van der Waals surface area contributed by atoms with E-state index in [1.165, 1.54) is 22.7 Å². The van der Waals surface area contributed by atoms with Crippen molar-refractivity contribution in [3.05, 3.63) is 35.2 Å². The van der Waals surface area contributed by atoms with Gasteiger partial charge in [-0.25, -0.2) is 9.97 Å². The molecule has 8 heteroatoms. The first kappa shape index (κ1) is 15.7. The van der Waals surface area contributed by atoms with Gasteiger partial charge >= 0.3 is 0 Å². The number of hydrogen-bond donors (Lipinski definition) is 2. The van der Waals surface area contributed by atoms with Gasteiger partial charge in [-0.15, -0.1) is 11.3 Å². The van der Waals surface area contributed by atoms with Gasteiger partial charge in [0.2, 0.25) is 5.91 Å². The van der Waals surface area contributed by atoms with E-state index in [0.29, 0.717) is 18.1 Å². The first-order chi connectivity index (χ1) is 11.2. The molecule has 3 aromatic rings. The molecule has 6 nitrogen and oxygen atoms in total. The van der Waals surface area contributed by atoms with Crippen molar-refractivity contribution in [2.75, 3.05) is 10.6 Å². The second-order valence-corrected chi connectivity index (χ2v) is 6.66. The minimum atomic E-state index is -0.0376. The summed E-state index contributed by atoms with van der Waals surface area (Å²) in [7, 11) is 0. The maximum Gasteiger partial charge on any atom is 0.225 e. The van der Waals surface area contributed by atoms with Crippen LogP contribution in [0.5, 0.6) is 0 Å². The molecule has 3 aromatic heterocycles. The molecule has 0 radical (unpaired) electrons. The molecule has 0 spiro atoms. The van der Waals surface area contributed by atoms with Gasteiger partial charge in [0.15, 0.2) is 10.3 Å². The van der Waals surface area contributed by atoms with Crippen LogP contribution in [0.1, 0.15) is 24.8 Å². The highest BCUT2D eigenvalue weighted by molar-refractivity contribution is 7.19. The van der Waals surface area contributed by atoms with Gasteiger partial charge in [-0.05, 0) is 19.1 Å². The third kappa shape index (κ3) is 3.77. The van der Waals surface area contributed by atoms with Gasteiger partial charge in [0, 0.05) is 11.8 Å². The second-order valence-electron chi connectivity index (χ2n) is 4.81. The van der Waals surface area contributed by atoms with E-state index >= 15 is 0 Å². The molecule has 2 N–H and O–H groups in total. The molecule has 0 bridgehead atoms. The van der Waals surface area contributed by atoms with Gasteiger partial charge in [0.1, 0.15) is 5.76 Å². The fourth-order valence-corrected chi connectivity index (χ4v) is 3.65. The number of furan rings is 1. The predicted octanol–water partition coefficient (Wildman–Crippen LogP) is 4.13. The van der Waals surface area contributed by atoms with E-state index in [2.05, 4.69) is 20.6 Å². The largest absolute Gasteiger partial charge is 0.467 e. The highest BCUT2D eigenvalue weighted by Gasteiger charge is 2.14. The number of nitrogens with one attached hydrogen (secondary N) is 2. The molecule has 120 valence electrons. The Balaban J connectivity index is 1.71. The Kier molecular flexibility index (Phi) is 4.73. The highest BCUT2D eigenvalue weighted by atomic mass is 32.1. The van der Waals surface area contributed by atoms with Gasteiger partial charge < -0.3 is 15.1 Å². The van der Waals surface area contributed by atoms with E-state index in [4.69, 9.17) is 4.42 Å². The van der Waals surface area contributed by atoms with E-state index < -0.39 is 0 Å². The number of aromatic nitrogens is 2. The number of nitrogens with zero attached hydrogens (tertiary/aromatic N) is 2. The zero-order chi connectivity index (χ0) is 16.2. The molecular formula is C15H16N4O2S2. The van der Waals surface area contributed by atoms with E-state index in [1.807, 2.05) is 31.4 Å². The van der Waals surface area contributed by atoms with Crippen LogP contribution in [-0.2, 0) is 11.3 Å². The number of aryl methyl sites for hydroxylation is 1. The number of rotatable bonds is 6. The molecule has 0 saturated heterocycles. The summed E-state index contributed by atoms with van der Waals surface area (Å²) in [5.41, 5.74) is 1.73. The Bertz CT molecular complexity index is 792. The van der Waals surface area contributed by atoms with Gasteiger partial charge in [-0.1, -0.05) is 18.3 Å². The van der Waals surface area contributed by atoms with Crippen molar-refractivity contribution < 1.29 is 9.21 Å². The Morgan fingerprint density at radius 1 is 1.35 bits per heavy atom. The average Bonchev–Trinajstić information content (AvgIpc) is 3.25. The summed E-state index contributed by atoms with van der Waals surface area (Å²) >= 11 is 2.97. The molecule has 0 unspecified atom stereocenters. The predicted molar refractivity (Wildman–Crippen MR) is 92.9 cm³/mol. The lowest BCUT2D eigenvalue weighted by Gasteiger charge is -1.98. The topological polar surface area (TPSA) is 80.0 Å². The molecule has 0 aliphatic heterocycles. The van der Waals surface area contributed by atoms with Crippen LogP contribution in [0.4, 0.5) is 10.3 Å². The van der Waals surface area contributed by atoms with E-state index in [-0.39, 0.29) is 5.91 Å². The molecule has 3 rings (SSSR count). The molecule has 0 saturated carbocycles. The summed E-state index contributed by atoms with van der Waals surface area (Å²) < 4.78 is 5.28. The third-order valence-electron chi connectivity index (χ3n) is 3.09. The van der Waals surface area contributed by atoms with Gasteiger partial charge in [-0.2, -0.15) is 0 Å². The first-order valence-electron chi connectivity index (χ1n) is 7.15. The minimum absolute atomic E-state index is 0.0376. The maximum atomic E-state index is 11.5. The molecule has 0 aromatic carbocycles. The summed E-state index contributed by atoms with van der Waals surface area (Å²) in [6, 6.07) is 3.77. The van der Waals surface area contributed by atoms with E-state index in [0.717, 1.165) is 27.2 Å². The average molecular weight is 348 g/mol. The van der Waals surface area contributed by atoms with Crippen molar-refractivity contribution in [2.45, 2.75) is 26.8 Å². The zero-order valence-corrected chi connectivity index (χ0v) is 14.4. The molecular weight excluding hydrogens is 332 g/mol. The fraction of sp³-hybridized carbons (Fsp3) is 0.267. The molecule has 0 fully saturated rings. The number of amides is 1. The molecule has 0 atom stereocenters. The lowest BCUT2D eigenvalue weighted by molar-refractivity contribution is -0.115. The minimum Gasteiger partial charge on any atom is -0.467 e. The van der Waals surface area contributed by atoms with Crippen molar-refractivity contribution in [3.8, 4) is 10.6 Å². The van der Waals surface area contributed by atoms with Gasteiger partial charge in [0.25, 0.3) is 0 Å². The molecule has 0 aliphatic rings. The molecule has 23 heavy (non-hydrogen) atoms. The van der Waals surface area contributed by atoms with Crippen LogP contribution in [0.15, 0.2) is 28.2 Å². The van der Waals surface area contributed by atoms with Crippen molar-refractivity contribution in [2.24, 2.45) is 0 Å². The van der Waals surface area contributed by atoms with Crippen LogP contribution in [0.25, 0.3) is 10.6 Å². The third-order valence-corrected chi connectivity index (χ3v) is 4.99. The van der Waals surface area contributed by atoms with E-state index in [9.17, 15) is 4.79 Å². The maximum absolute atomic E-state index is 11.5. The van der Waals surface area contributed by atoms with Crippen LogP contribution in [-0.4, -0.2) is 15.9 Å². The number of carbonyl (C=O) groups excluding carboxylic acids is 1. The van der Waals surface area contributed by atoms with Crippen LogP contribution < -0.4 is 10.6 Å². The fourth-order valence-electron chi connectivity index (χ4n) is 1.93.